The molecule has 110 valence electrons. The Morgan fingerprint density at radius 1 is 0.947 bits per heavy atom. The minimum atomic E-state index is 0.661. The van der Waals surface area contributed by atoms with Crippen LogP contribution in [0, 0.1) is 11.8 Å². The second-order valence-electron chi connectivity index (χ2n) is 7.13. The zero-order chi connectivity index (χ0) is 13.2. The van der Waals surface area contributed by atoms with Crippen LogP contribution in [0.5, 0.6) is 0 Å². The molecular formula is C16H31N3. The van der Waals surface area contributed by atoms with Crippen molar-refractivity contribution < 1.29 is 0 Å². The summed E-state index contributed by atoms with van der Waals surface area (Å²) in [6.07, 6.45) is 8.55. The maximum Gasteiger partial charge on any atom is 0.0247 e. The number of hydrogen-bond acceptors (Lipinski definition) is 3. The molecule has 1 heterocycles. The Balaban J connectivity index is 1.51. The fourth-order valence-corrected chi connectivity index (χ4v) is 4.18. The summed E-state index contributed by atoms with van der Waals surface area (Å²) in [6.45, 7) is 8.34. The highest BCUT2D eigenvalue weighted by molar-refractivity contribution is 4.91. The Bertz CT molecular complexity index is 274. The molecule has 3 fully saturated rings. The van der Waals surface area contributed by atoms with Gasteiger partial charge in [-0.3, -0.25) is 9.80 Å². The van der Waals surface area contributed by atoms with Gasteiger partial charge in [0.1, 0.15) is 0 Å². The third-order valence-electron chi connectivity index (χ3n) is 5.73. The first-order valence-corrected chi connectivity index (χ1v) is 8.46. The van der Waals surface area contributed by atoms with Crippen LogP contribution in [-0.4, -0.2) is 54.6 Å². The molecule has 3 heteroatoms. The predicted molar refractivity (Wildman–Crippen MR) is 80.1 cm³/mol. The molecule has 1 unspecified atom stereocenters. The van der Waals surface area contributed by atoms with Gasteiger partial charge in [0.15, 0.2) is 0 Å². The smallest absolute Gasteiger partial charge is 0.0247 e. The number of piperazine rings is 1. The zero-order valence-electron chi connectivity index (χ0n) is 12.6. The average molecular weight is 265 g/mol. The first kappa shape index (κ1) is 13.8. The summed E-state index contributed by atoms with van der Waals surface area (Å²) in [5.41, 5.74) is 6.12. The van der Waals surface area contributed by atoms with Crippen molar-refractivity contribution in [1.82, 2.24) is 9.80 Å². The molecule has 0 bridgehead atoms. The van der Waals surface area contributed by atoms with Gasteiger partial charge in [0.2, 0.25) is 0 Å². The summed E-state index contributed by atoms with van der Waals surface area (Å²) >= 11 is 0. The lowest BCUT2D eigenvalue weighted by Crippen LogP contribution is -2.55. The minimum Gasteiger partial charge on any atom is -0.329 e. The Hall–Kier alpha value is -0.120. The lowest BCUT2D eigenvalue weighted by atomic mass is 9.78. The molecule has 0 aromatic heterocycles. The van der Waals surface area contributed by atoms with Gasteiger partial charge in [0.05, 0.1) is 0 Å². The lowest BCUT2D eigenvalue weighted by Gasteiger charge is -2.43. The fourth-order valence-electron chi connectivity index (χ4n) is 4.18. The van der Waals surface area contributed by atoms with E-state index in [4.69, 9.17) is 5.73 Å². The van der Waals surface area contributed by atoms with E-state index in [2.05, 4.69) is 16.7 Å². The van der Waals surface area contributed by atoms with Crippen LogP contribution < -0.4 is 5.73 Å². The van der Waals surface area contributed by atoms with Crippen LogP contribution in [0.3, 0.4) is 0 Å². The Labute approximate surface area is 118 Å². The summed E-state index contributed by atoms with van der Waals surface area (Å²) in [7, 11) is 0. The maximum atomic E-state index is 6.12. The van der Waals surface area contributed by atoms with E-state index in [1.807, 2.05) is 0 Å². The SMILES string of the molecule is CC1CCC(C(CN)N2CCN(C3CC3)CC2)CC1. The molecule has 0 spiro atoms. The Morgan fingerprint density at radius 2 is 1.58 bits per heavy atom. The number of rotatable bonds is 4. The van der Waals surface area contributed by atoms with Gasteiger partial charge in [0, 0.05) is 44.8 Å². The lowest BCUT2D eigenvalue weighted by molar-refractivity contribution is 0.0548. The van der Waals surface area contributed by atoms with E-state index < -0.39 is 0 Å². The third-order valence-corrected chi connectivity index (χ3v) is 5.73. The van der Waals surface area contributed by atoms with Gasteiger partial charge >= 0.3 is 0 Å². The van der Waals surface area contributed by atoms with Gasteiger partial charge < -0.3 is 5.73 Å². The van der Waals surface area contributed by atoms with Crippen LogP contribution in [0.15, 0.2) is 0 Å². The maximum absolute atomic E-state index is 6.12. The van der Waals surface area contributed by atoms with Crippen molar-refractivity contribution in [2.45, 2.75) is 57.5 Å². The van der Waals surface area contributed by atoms with E-state index in [1.165, 1.54) is 64.7 Å². The van der Waals surface area contributed by atoms with Crippen molar-refractivity contribution in [3.63, 3.8) is 0 Å². The minimum absolute atomic E-state index is 0.661. The van der Waals surface area contributed by atoms with E-state index in [0.717, 1.165) is 24.4 Å². The van der Waals surface area contributed by atoms with Crippen LogP contribution >= 0.6 is 0 Å². The van der Waals surface area contributed by atoms with Gasteiger partial charge in [-0.15, -0.1) is 0 Å². The van der Waals surface area contributed by atoms with Crippen molar-refractivity contribution in [3.05, 3.63) is 0 Å². The van der Waals surface area contributed by atoms with Crippen molar-refractivity contribution in [3.8, 4) is 0 Å². The summed E-state index contributed by atoms with van der Waals surface area (Å²) in [5, 5.41) is 0. The molecule has 1 saturated heterocycles. The van der Waals surface area contributed by atoms with Crippen LogP contribution in [-0.2, 0) is 0 Å². The Kier molecular flexibility index (Phi) is 4.45. The number of nitrogens with zero attached hydrogens (tertiary/aromatic N) is 2. The van der Waals surface area contributed by atoms with E-state index >= 15 is 0 Å². The second-order valence-corrected chi connectivity index (χ2v) is 7.13. The van der Waals surface area contributed by atoms with Gasteiger partial charge in [-0.05, 0) is 37.5 Å². The van der Waals surface area contributed by atoms with E-state index in [9.17, 15) is 0 Å². The standard InChI is InChI=1S/C16H31N3/c1-13-2-4-14(5-3-13)16(12-17)19-10-8-18(9-11-19)15-6-7-15/h13-16H,2-12,17H2,1H3. The molecule has 0 amide bonds. The zero-order valence-corrected chi connectivity index (χ0v) is 12.6. The average Bonchev–Trinajstić information content (AvgIpc) is 3.27. The largest absolute Gasteiger partial charge is 0.329 e. The first-order chi connectivity index (χ1) is 9.28. The van der Waals surface area contributed by atoms with Gasteiger partial charge in [-0.2, -0.15) is 0 Å². The van der Waals surface area contributed by atoms with Crippen LogP contribution in [0.2, 0.25) is 0 Å². The van der Waals surface area contributed by atoms with Crippen LogP contribution in [0.1, 0.15) is 45.4 Å². The molecule has 0 aromatic rings. The molecule has 1 atom stereocenters. The Morgan fingerprint density at radius 3 is 2.11 bits per heavy atom. The quantitative estimate of drug-likeness (QED) is 0.843. The van der Waals surface area contributed by atoms with E-state index in [-0.39, 0.29) is 0 Å². The van der Waals surface area contributed by atoms with E-state index in [0.29, 0.717) is 6.04 Å². The normalized spacial score (nSPS) is 36.3. The monoisotopic (exact) mass is 265 g/mol. The first-order valence-electron chi connectivity index (χ1n) is 8.46. The number of nitrogens with two attached hydrogens (primary N) is 1. The highest BCUT2D eigenvalue weighted by Crippen LogP contribution is 2.33. The summed E-state index contributed by atoms with van der Waals surface area (Å²) < 4.78 is 0. The third kappa shape index (κ3) is 3.32. The highest BCUT2D eigenvalue weighted by Gasteiger charge is 2.35. The fraction of sp³-hybridized carbons (Fsp3) is 1.00. The highest BCUT2D eigenvalue weighted by atomic mass is 15.3. The van der Waals surface area contributed by atoms with Crippen molar-refractivity contribution in [2.75, 3.05) is 32.7 Å². The molecule has 0 radical (unpaired) electrons. The van der Waals surface area contributed by atoms with Crippen molar-refractivity contribution in [2.24, 2.45) is 17.6 Å². The van der Waals surface area contributed by atoms with Crippen molar-refractivity contribution >= 4 is 0 Å². The van der Waals surface area contributed by atoms with E-state index in [1.54, 1.807) is 0 Å². The molecule has 2 aliphatic carbocycles. The predicted octanol–water partition coefficient (Wildman–Crippen LogP) is 1.92. The molecule has 3 rings (SSSR count). The van der Waals surface area contributed by atoms with Gasteiger partial charge in [-0.1, -0.05) is 19.8 Å². The molecule has 0 aromatic carbocycles. The molecular weight excluding hydrogens is 234 g/mol. The van der Waals surface area contributed by atoms with Crippen molar-refractivity contribution in [1.29, 1.82) is 0 Å². The second kappa shape index (κ2) is 6.11. The number of hydrogen-bond donors (Lipinski definition) is 1. The van der Waals surface area contributed by atoms with Crippen LogP contribution in [0.4, 0.5) is 0 Å². The molecule has 1 aliphatic heterocycles. The molecule has 2 N–H and O–H groups in total. The molecule has 2 saturated carbocycles. The van der Waals surface area contributed by atoms with Gasteiger partial charge in [0.25, 0.3) is 0 Å². The molecule has 3 aliphatic rings. The molecule has 19 heavy (non-hydrogen) atoms. The van der Waals surface area contributed by atoms with Crippen LogP contribution in [0.25, 0.3) is 0 Å². The summed E-state index contributed by atoms with van der Waals surface area (Å²) in [6, 6.07) is 1.60. The van der Waals surface area contributed by atoms with Gasteiger partial charge in [-0.25, -0.2) is 0 Å². The summed E-state index contributed by atoms with van der Waals surface area (Å²) in [5.74, 6) is 1.81. The molecule has 3 nitrogen and oxygen atoms in total. The topological polar surface area (TPSA) is 32.5 Å². The summed E-state index contributed by atoms with van der Waals surface area (Å²) in [4.78, 5) is 5.41.